The van der Waals surface area contributed by atoms with Crippen molar-refractivity contribution < 1.29 is 14.0 Å². The van der Waals surface area contributed by atoms with Crippen molar-refractivity contribution in [1.29, 1.82) is 0 Å². The first kappa shape index (κ1) is 18.2. The number of halogens is 1. The third-order valence-electron chi connectivity index (χ3n) is 4.60. The normalized spacial score (nSPS) is 13.8. The van der Waals surface area contributed by atoms with Crippen LogP contribution in [0.2, 0.25) is 5.02 Å². The number of carbonyl (C=O) groups excluding carboxylic acids is 2. The molecule has 0 aliphatic heterocycles. The van der Waals surface area contributed by atoms with E-state index in [9.17, 15) is 14.4 Å². The van der Waals surface area contributed by atoms with Crippen LogP contribution >= 0.6 is 11.6 Å². The zero-order valence-corrected chi connectivity index (χ0v) is 15.3. The minimum absolute atomic E-state index is 0.0282. The zero-order valence-electron chi connectivity index (χ0n) is 14.5. The summed E-state index contributed by atoms with van der Waals surface area (Å²) in [6.45, 7) is 1.72. The molecule has 0 saturated heterocycles. The molecule has 1 aliphatic rings. The highest BCUT2D eigenvalue weighted by molar-refractivity contribution is 6.34. The number of hydrogen-bond acceptors (Lipinski definition) is 4. The monoisotopic (exact) mass is 374 g/mol. The standard InChI is InChI=1S/C19H19ClN2O4/c1-10-8-15(11-4-3-5-11)26-19(25)16(10)18(24)22-12-6-7-13(14(20)9-12)17(23)21-2/h6-9,11H,3-5H2,1-2H3,(H,21,23)(H,22,24). The van der Waals surface area contributed by atoms with Gasteiger partial charge < -0.3 is 15.1 Å². The van der Waals surface area contributed by atoms with Gasteiger partial charge in [0.25, 0.3) is 11.8 Å². The van der Waals surface area contributed by atoms with E-state index in [1.165, 1.54) is 19.2 Å². The number of nitrogens with one attached hydrogen (secondary N) is 2. The Hall–Kier alpha value is -2.60. The highest BCUT2D eigenvalue weighted by Gasteiger charge is 2.25. The van der Waals surface area contributed by atoms with Gasteiger partial charge in [0.05, 0.1) is 10.6 Å². The maximum atomic E-state index is 12.5. The molecule has 26 heavy (non-hydrogen) atoms. The molecule has 0 spiro atoms. The predicted octanol–water partition coefficient (Wildman–Crippen LogP) is 3.48. The average Bonchev–Trinajstić information content (AvgIpc) is 2.52. The summed E-state index contributed by atoms with van der Waals surface area (Å²) in [6.07, 6.45) is 3.14. The molecule has 1 aromatic heterocycles. The summed E-state index contributed by atoms with van der Waals surface area (Å²) in [7, 11) is 1.50. The van der Waals surface area contributed by atoms with Gasteiger partial charge in [0, 0.05) is 18.7 Å². The first-order valence-electron chi connectivity index (χ1n) is 8.38. The summed E-state index contributed by atoms with van der Waals surface area (Å²) in [4.78, 5) is 36.5. The van der Waals surface area contributed by atoms with Crippen LogP contribution in [0.25, 0.3) is 0 Å². The van der Waals surface area contributed by atoms with Crippen LogP contribution in [0.15, 0.2) is 33.5 Å². The minimum Gasteiger partial charge on any atom is -0.427 e. The van der Waals surface area contributed by atoms with E-state index in [4.69, 9.17) is 16.0 Å². The van der Waals surface area contributed by atoms with Gasteiger partial charge in [-0.15, -0.1) is 0 Å². The molecule has 1 saturated carbocycles. The molecular formula is C19H19ClN2O4. The Kier molecular flexibility index (Phi) is 5.13. The number of rotatable bonds is 4. The van der Waals surface area contributed by atoms with Crippen molar-refractivity contribution in [1.82, 2.24) is 5.32 Å². The van der Waals surface area contributed by atoms with E-state index in [-0.39, 0.29) is 22.4 Å². The van der Waals surface area contributed by atoms with Crippen LogP contribution in [0.3, 0.4) is 0 Å². The zero-order chi connectivity index (χ0) is 18.8. The Bertz CT molecular complexity index is 932. The third kappa shape index (κ3) is 3.51. The Labute approximate surface area is 155 Å². The van der Waals surface area contributed by atoms with Gasteiger partial charge in [0.2, 0.25) is 0 Å². The smallest absolute Gasteiger partial charge is 0.349 e. The summed E-state index contributed by atoms with van der Waals surface area (Å²) in [5.74, 6) is 0.0268. The first-order chi connectivity index (χ1) is 12.4. The molecule has 6 nitrogen and oxygen atoms in total. The Morgan fingerprint density at radius 3 is 2.46 bits per heavy atom. The van der Waals surface area contributed by atoms with Gasteiger partial charge >= 0.3 is 5.63 Å². The van der Waals surface area contributed by atoms with Crippen LogP contribution in [0.4, 0.5) is 5.69 Å². The van der Waals surface area contributed by atoms with Crippen molar-refractivity contribution in [2.24, 2.45) is 0 Å². The molecule has 2 N–H and O–H groups in total. The van der Waals surface area contributed by atoms with E-state index in [1.807, 2.05) is 0 Å². The topological polar surface area (TPSA) is 88.4 Å². The molecule has 0 unspecified atom stereocenters. The lowest BCUT2D eigenvalue weighted by molar-refractivity contribution is 0.0962. The van der Waals surface area contributed by atoms with Crippen molar-refractivity contribution in [3.63, 3.8) is 0 Å². The van der Waals surface area contributed by atoms with E-state index < -0.39 is 11.5 Å². The van der Waals surface area contributed by atoms with Gasteiger partial charge in [-0.25, -0.2) is 4.79 Å². The Morgan fingerprint density at radius 1 is 1.19 bits per heavy atom. The van der Waals surface area contributed by atoms with Gasteiger partial charge in [0.15, 0.2) is 0 Å². The predicted molar refractivity (Wildman–Crippen MR) is 99.1 cm³/mol. The number of amides is 2. The molecule has 0 bridgehead atoms. The van der Waals surface area contributed by atoms with E-state index in [0.717, 1.165) is 19.3 Å². The number of hydrogen-bond donors (Lipinski definition) is 2. The highest BCUT2D eigenvalue weighted by atomic mass is 35.5. The Morgan fingerprint density at radius 2 is 1.92 bits per heavy atom. The lowest BCUT2D eigenvalue weighted by atomic mass is 9.83. The van der Waals surface area contributed by atoms with Crippen molar-refractivity contribution in [3.05, 3.63) is 62.2 Å². The molecule has 1 fully saturated rings. The maximum absolute atomic E-state index is 12.5. The summed E-state index contributed by atoms with van der Waals surface area (Å²) < 4.78 is 5.35. The van der Waals surface area contributed by atoms with Crippen LogP contribution in [0.1, 0.15) is 57.2 Å². The van der Waals surface area contributed by atoms with Crippen molar-refractivity contribution >= 4 is 29.1 Å². The lowest BCUT2D eigenvalue weighted by Gasteiger charge is -2.24. The van der Waals surface area contributed by atoms with Gasteiger partial charge in [-0.3, -0.25) is 9.59 Å². The number of aryl methyl sites for hydroxylation is 1. The molecule has 2 amide bonds. The van der Waals surface area contributed by atoms with Crippen molar-refractivity contribution in [3.8, 4) is 0 Å². The Balaban J connectivity index is 1.83. The second-order valence-corrected chi connectivity index (χ2v) is 6.76. The minimum atomic E-state index is -0.641. The van der Waals surface area contributed by atoms with Crippen molar-refractivity contribution in [2.45, 2.75) is 32.1 Å². The van der Waals surface area contributed by atoms with Crippen LogP contribution < -0.4 is 16.3 Å². The third-order valence-corrected chi connectivity index (χ3v) is 4.91. The molecule has 1 heterocycles. The van der Waals surface area contributed by atoms with E-state index in [0.29, 0.717) is 22.6 Å². The molecule has 7 heteroatoms. The molecular weight excluding hydrogens is 356 g/mol. The van der Waals surface area contributed by atoms with Crippen LogP contribution in [0.5, 0.6) is 0 Å². The fraction of sp³-hybridized carbons (Fsp3) is 0.316. The second-order valence-electron chi connectivity index (χ2n) is 6.35. The number of benzene rings is 1. The fourth-order valence-electron chi connectivity index (χ4n) is 2.91. The molecule has 0 radical (unpaired) electrons. The van der Waals surface area contributed by atoms with Gasteiger partial charge in [0.1, 0.15) is 11.3 Å². The average molecular weight is 375 g/mol. The molecule has 1 aromatic carbocycles. The van der Waals surface area contributed by atoms with Crippen LogP contribution in [-0.4, -0.2) is 18.9 Å². The summed E-state index contributed by atoms with van der Waals surface area (Å²) in [5.41, 5.74) is 0.591. The van der Waals surface area contributed by atoms with E-state index in [2.05, 4.69) is 10.6 Å². The fourth-order valence-corrected chi connectivity index (χ4v) is 3.17. The van der Waals surface area contributed by atoms with E-state index in [1.54, 1.807) is 19.1 Å². The van der Waals surface area contributed by atoms with Gasteiger partial charge in [-0.1, -0.05) is 18.0 Å². The number of anilines is 1. The van der Waals surface area contributed by atoms with Gasteiger partial charge in [-0.2, -0.15) is 0 Å². The van der Waals surface area contributed by atoms with Crippen molar-refractivity contribution in [2.75, 3.05) is 12.4 Å². The quantitative estimate of drug-likeness (QED) is 0.857. The summed E-state index contributed by atoms with van der Waals surface area (Å²) >= 11 is 6.08. The lowest BCUT2D eigenvalue weighted by Crippen LogP contribution is -2.24. The van der Waals surface area contributed by atoms with E-state index >= 15 is 0 Å². The molecule has 1 aliphatic carbocycles. The summed E-state index contributed by atoms with van der Waals surface area (Å²) in [5, 5.41) is 5.31. The molecule has 3 rings (SSSR count). The second kappa shape index (κ2) is 7.33. The van der Waals surface area contributed by atoms with Crippen LogP contribution in [-0.2, 0) is 0 Å². The largest absolute Gasteiger partial charge is 0.427 e. The maximum Gasteiger partial charge on any atom is 0.349 e. The molecule has 2 aromatic rings. The number of carbonyl (C=O) groups is 2. The highest BCUT2D eigenvalue weighted by Crippen LogP contribution is 2.36. The molecule has 0 atom stereocenters. The van der Waals surface area contributed by atoms with Gasteiger partial charge in [-0.05, 0) is 49.6 Å². The summed E-state index contributed by atoms with van der Waals surface area (Å²) in [6, 6.07) is 6.28. The SMILES string of the molecule is CNC(=O)c1ccc(NC(=O)c2c(C)cc(C3CCC3)oc2=O)cc1Cl. The molecule has 136 valence electrons. The first-order valence-corrected chi connectivity index (χ1v) is 8.76. The van der Waals surface area contributed by atoms with Crippen LogP contribution in [0, 0.1) is 6.92 Å².